The summed E-state index contributed by atoms with van der Waals surface area (Å²) >= 11 is 0. The maximum Gasteiger partial charge on any atom is 0.255 e. The molecule has 2 N–H and O–H groups in total. The van der Waals surface area contributed by atoms with Crippen molar-refractivity contribution < 1.29 is 14.7 Å². The zero-order chi connectivity index (χ0) is 14.3. The van der Waals surface area contributed by atoms with Gasteiger partial charge >= 0.3 is 0 Å². The second kappa shape index (κ2) is 7.53. The first kappa shape index (κ1) is 15.2. The van der Waals surface area contributed by atoms with Crippen molar-refractivity contribution in [1.82, 2.24) is 4.90 Å². The Labute approximate surface area is 113 Å². The van der Waals surface area contributed by atoms with Gasteiger partial charge in [0.25, 0.3) is 5.91 Å². The van der Waals surface area contributed by atoms with Crippen molar-refractivity contribution >= 4 is 17.5 Å². The highest BCUT2D eigenvalue weighted by Crippen LogP contribution is 2.17. The molecule has 0 bridgehead atoms. The van der Waals surface area contributed by atoms with Crippen molar-refractivity contribution in [1.29, 1.82) is 0 Å². The SMILES string of the molecule is CN(C)C(=O)c1ccccc1NC(=O)CCCCO. The predicted molar refractivity (Wildman–Crippen MR) is 74.0 cm³/mol. The lowest BCUT2D eigenvalue weighted by molar-refractivity contribution is -0.116. The van der Waals surface area contributed by atoms with Crippen LogP contribution < -0.4 is 5.32 Å². The first-order valence-corrected chi connectivity index (χ1v) is 6.27. The van der Waals surface area contributed by atoms with Crippen LogP contribution in [0.4, 0.5) is 5.69 Å². The summed E-state index contributed by atoms with van der Waals surface area (Å²) in [6.07, 6.45) is 1.57. The second-order valence-corrected chi connectivity index (χ2v) is 4.47. The Morgan fingerprint density at radius 2 is 1.89 bits per heavy atom. The van der Waals surface area contributed by atoms with Crippen LogP contribution in [0.5, 0.6) is 0 Å². The highest BCUT2D eigenvalue weighted by atomic mass is 16.3. The molecule has 1 aromatic carbocycles. The minimum absolute atomic E-state index is 0.0863. The van der Waals surface area contributed by atoms with E-state index in [1.165, 1.54) is 4.90 Å². The minimum Gasteiger partial charge on any atom is -0.396 e. The number of anilines is 1. The summed E-state index contributed by atoms with van der Waals surface area (Å²) < 4.78 is 0. The Bertz CT molecular complexity index is 444. The number of hydrogen-bond acceptors (Lipinski definition) is 3. The van der Waals surface area contributed by atoms with Crippen molar-refractivity contribution in [3.05, 3.63) is 29.8 Å². The molecule has 0 heterocycles. The molecule has 1 rings (SSSR count). The summed E-state index contributed by atoms with van der Waals surface area (Å²) in [5.74, 6) is -0.293. The number of hydrogen-bond donors (Lipinski definition) is 2. The lowest BCUT2D eigenvalue weighted by atomic mass is 10.1. The fourth-order valence-electron chi connectivity index (χ4n) is 1.63. The summed E-state index contributed by atoms with van der Waals surface area (Å²) in [5.41, 5.74) is 0.998. The van der Waals surface area contributed by atoms with Crippen molar-refractivity contribution in [2.45, 2.75) is 19.3 Å². The Hall–Kier alpha value is -1.88. The van der Waals surface area contributed by atoms with Gasteiger partial charge in [0.05, 0.1) is 11.3 Å². The van der Waals surface area contributed by atoms with E-state index in [0.717, 1.165) is 0 Å². The van der Waals surface area contributed by atoms with Crippen LogP contribution in [-0.4, -0.2) is 42.5 Å². The Morgan fingerprint density at radius 1 is 1.21 bits per heavy atom. The molecule has 0 aromatic heterocycles. The maximum atomic E-state index is 11.9. The van der Waals surface area contributed by atoms with Crippen molar-refractivity contribution in [2.75, 3.05) is 26.0 Å². The average molecular weight is 264 g/mol. The van der Waals surface area contributed by atoms with Crippen LogP contribution in [0, 0.1) is 0 Å². The minimum atomic E-state index is -0.147. The number of nitrogens with zero attached hydrogens (tertiary/aromatic N) is 1. The van der Waals surface area contributed by atoms with Crippen molar-refractivity contribution in [2.24, 2.45) is 0 Å². The largest absolute Gasteiger partial charge is 0.396 e. The number of aliphatic hydroxyl groups is 1. The van der Waals surface area contributed by atoms with E-state index in [1.807, 2.05) is 0 Å². The van der Waals surface area contributed by atoms with Crippen LogP contribution in [0.15, 0.2) is 24.3 Å². The van der Waals surface area contributed by atoms with E-state index in [1.54, 1.807) is 38.4 Å². The summed E-state index contributed by atoms with van der Waals surface area (Å²) in [6.45, 7) is 0.0863. The van der Waals surface area contributed by atoms with Crippen LogP contribution in [0.2, 0.25) is 0 Å². The summed E-state index contributed by atoms with van der Waals surface area (Å²) in [7, 11) is 3.34. The number of aliphatic hydroxyl groups excluding tert-OH is 1. The molecule has 104 valence electrons. The van der Waals surface area contributed by atoms with Gasteiger partial charge in [-0.15, -0.1) is 0 Å². The molecule has 0 saturated heterocycles. The summed E-state index contributed by atoms with van der Waals surface area (Å²) in [4.78, 5) is 25.1. The van der Waals surface area contributed by atoms with Crippen molar-refractivity contribution in [3.63, 3.8) is 0 Å². The highest BCUT2D eigenvalue weighted by molar-refractivity contribution is 6.03. The molecule has 0 radical (unpaired) electrons. The van der Waals surface area contributed by atoms with Gasteiger partial charge in [0.15, 0.2) is 0 Å². The molecule has 0 saturated carbocycles. The van der Waals surface area contributed by atoms with Crippen molar-refractivity contribution in [3.8, 4) is 0 Å². The quantitative estimate of drug-likeness (QED) is 0.765. The van der Waals surface area contributed by atoms with Gasteiger partial charge in [0.1, 0.15) is 0 Å². The Balaban J connectivity index is 2.73. The molecule has 0 atom stereocenters. The van der Waals surface area contributed by atoms with Crippen LogP contribution in [-0.2, 0) is 4.79 Å². The third-order valence-corrected chi connectivity index (χ3v) is 2.65. The molecule has 0 aliphatic rings. The normalized spacial score (nSPS) is 10.1. The van der Waals surface area contributed by atoms with Crippen LogP contribution in [0.1, 0.15) is 29.6 Å². The number of unbranched alkanes of at least 4 members (excludes halogenated alkanes) is 1. The van der Waals surface area contributed by atoms with E-state index in [-0.39, 0.29) is 18.4 Å². The van der Waals surface area contributed by atoms with Gasteiger partial charge in [0.2, 0.25) is 5.91 Å². The zero-order valence-electron chi connectivity index (χ0n) is 11.3. The van der Waals surface area contributed by atoms with Gasteiger partial charge in [-0.25, -0.2) is 0 Å². The van der Waals surface area contributed by atoms with E-state index in [4.69, 9.17) is 5.11 Å². The molecule has 19 heavy (non-hydrogen) atoms. The van der Waals surface area contributed by atoms with E-state index in [2.05, 4.69) is 5.32 Å². The van der Waals surface area contributed by atoms with E-state index in [0.29, 0.717) is 30.5 Å². The molecule has 1 aromatic rings. The number of benzene rings is 1. The molecule has 0 fully saturated rings. The highest BCUT2D eigenvalue weighted by Gasteiger charge is 2.14. The average Bonchev–Trinajstić information content (AvgIpc) is 2.38. The standard InChI is InChI=1S/C14H20N2O3/c1-16(2)14(19)11-7-3-4-8-12(11)15-13(18)9-5-6-10-17/h3-4,7-8,17H,5-6,9-10H2,1-2H3,(H,15,18). The van der Waals surface area contributed by atoms with Gasteiger partial charge in [-0.1, -0.05) is 12.1 Å². The Kier molecular flexibility index (Phi) is 6.02. The molecule has 0 aliphatic carbocycles. The number of carbonyl (C=O) groups excluding carboxylic acids is 2. The van der Waals surface area contributed by atoms with Gasteiger partial charge in [0, 0.05) is 27.1 Å². The fourth-order valence-corrected chi connectivity index (χ4v) is 1.63. The maximum absolute atomic E-state index is 11.9. The van der Waals surface area contributed by atoms with Crippen LogP contribution in [0.25, 0.3) is 0 Å². The first-order valence-electron chi connectivity index (χ1n) is 6.27. The predicted octanol–water partition coefficient (Wildman–Crippen LogP) is 1.49. The van der Waals surface area contributed by atoms with E-state index in [9.17, 15) is 9.59 Å². The number of para-hydroxylation sites is 1. The molecular formula is C14H20N2O3. The monoisotopic (exact) mass is 264 g/mol. The molecular weight excluding hydrogens is 244 g/mol. The molecule has 5 nitrogen and oxygen atoms in total. The summed E-state index contributed by atoms with van der Waals surface area (Å²) in [5, 5.41) is 11.4. The zero-order valence-corrected chi connectivity index (χ0v) is 11.3. The van der Waals surface area contributed by atoms with Gasteiger partial charge in [-0.3, -0.25) is 9.59 Å². The van der Waals surface area contributed by atoms with E-state index >= 15 is 0 Å². The third-order valence-electron chi connectivity index (χ3n) is 2.65. The first-order chi connectivity index (χ1) is 9.06. The number of amides is 2. The lowest BCUT2D eigenvalue weighted by Gasteiger charge is -2.14. The second-order valence-electron chi connectivity index (χ2n) is 4.47. The number of nitrogens with one attached hydrogen (secondary N) is 1. The third kappa shape index (κ3) is 4.71. The smallest absolute Gasteiger partial charge is 0.255 e. The topological polar surface area (TPSA) is 69.6 Å². The van der Waals surface area contributed by atoms with E-state index < -0.39 is 0 Å². The Morgan fingerprint density at radius 3 is 2.53 bits per heavy atom. The molecule has 0 unspecified atom stereocenters. The number of carbonyl (C=O) groups is 2. The molecule has 5 heteroatoms. The molecule has 0 aliphatic heterocycles. The number of rotatable bonds is 6. The molecule has 2 amide bonds. The van der Waals surface area contributed by atoms with Crippen LogP contribution in [0.3, 0.4) is 0 Å². The van der Waals surface area contributed by atoms with Crippen LogP contribution >= 0.6 is 0 Å². The lowest BCUT2D eigenvalue weighted by Crippen LogP contribution is -2.24. The van der Waals surface area contributed by atoms with Gasteiger partial charge in [-0.2, -0.15) is 0 Å². The summed E-state index contributed by atoms with van der Waals surface area (Å²) in [6, 6.07) is 6.93. The molecule has 0 spiro atoms. The van der Waals surface area contributed by atoms with Gasteiger partial charge in [-0.05, 0) is 25.0 Å². The van der Waals surface area contributed by atoms with Gasteiger partial charge < -0.3 is 15.3 Å². The fraction of sp³-hybridized carbons (Fsp3) is 0.429.